The SMILES string of the molecule is CO[C@H]1CO[C@@]2(CCN(C(=O)c3ccc4c(ccn4C)c3)C2)C1. The first-order chi connectivity index (χ1) is 11.1. The zero-order valence-corrected chi connectivity index (χ0v) is 13.6. The first-order valence-electron chi connectivity index (χ1n) is 8.11. The highest BCUT2D eigenvalue weighted by Gasteiger charge is 2.46. The molecule has 0 radical (unpaired) electrons. The van der Waals surface area contributed by atoms with Crippen molar-refractivity contribution in [3.63, 3.8) is 0 Å². The largest absolute Gasteiger partial charge is 0.379 e. The van der Waals surface area contributed by atoms with Crippen LogP contribution in [0.2, 0.25) is 0 Å². The highest BCUT2D eigenvalue weighted by molar-refractivity contribution is 5.98. The molecule has 2 aliphatic rings. The van der Waals surface area contributed by atoms with Crippen LogP contribution in [-0.4, -0.2) is 53.9 Å². The van der Waals surface area contributed by atoms with Gasteiger partial charge in [-0.05, 0) is 30.7 Å². The lowest BCUT2D eigenvalue weighted by Gasteiger charge is -2.23. The molecule has 2 aromatic rings. The molecule has 2 fully saturated rings. The molecule has 1 spiro atoms. The van der Waals surface area contributed by atoms with Gasteiger partial charge in [-0.1, -0.05) is 0 Å². The number of carbonyl (C=O) groups excluding carboxylic acids is 1. The van der Waals surface area contributed by atoms with Crippen LogP contribution >= 0.6 is 0 Å². The van der Waals surface area contributed by atoms with Crippen LogP contribution in [0.15, 0.2) is 30.5 Å². The molecule has 5 nitrogen and oxygen atoms in total. The van der Waals surface area contributed by atoms with E-state index >= 15 is 0 Å². The van der Waals surface area contributed by atoms with E-state index in [-0.39, 0.29) is 17.6 Å². The van der Waals surface area contributed by atoms with Gasteiger partial charge in [0.15, 0.2) is 0 Å². The number of methoxy groups -OCH3 is 1. The summed E-state index contributed by atoms with van der Waals surface area (Å²) in [5.74, 6) is 0.0945. The van der Waals surface area contributed by atoms with Gasteiger partial charge in [-0.15, -0.1) is 0 Å². The van der Waals surface area contributed by atoms with Gasteiger partial charge >= 0.3 is 0 Å². The number of hydrogen-bond acceptors (Lipinski definition) is 3. The number of benzene rings is 1. The van der Waals surface area contributed by atoms with Gasteiger partial charge in [0.25, 0.3) is 5.91 Å². The minimum Gasteiger partial charge on any atom is -0.379 e. The Balaban J connectivity index is 1.53. The van der Waals surface area contributed by atoms with Crippen LogP contribution in [0.1, 0.15) is 23.2 Å². The first-order valence-corrected chi connectivity index (χ1v) is 8.11. The number of ether oxygens (including phenoxy) is 2. The topological polar surface area (TPSA) is 43.7 Å². The third-order valence-corrected chi connectivity index (χ3v) is 5.24. The number of hydrogen-bond donors (Lipinski definition) is 0. The summed E-state index contributed by atoms with van der Waals surface area (Å²) < 4.78 is 13.4. The van der Waals surface area contributed by atoms with Gasteiger partial charge in [0.1, 0.15) is 0 Å². The lowest BCUT2D eigenvalue weighted by molar-refractivity contribution is 0.00702. The Bertz CT molecular complexity index is 754. The van der Waals surface area contributed by atoms with Gasteiger partial charge in [-0.25, -0.2) is 0 Å². The molecule has 1 amide bonds. The molecule has 0 N–H and O–H groups in total. The third-order valence-electron chi connectivity index (χ3n) is 5.24. The van der Waals surface area contributed by atoms with Crippen LogP contribution in [0, 0.1) is 0 Å². The van der Waals surface area contributed by atoms with E-state index in [1.54, 1.807) is 7.11 Å². The molecule has 0 saturated carbocycles. The van der Waals surface area contributed by atoms with Crippen molar-refractivity contribution < 1.29 is 14.3 Å². The summed E-state index contributed by atoms with van der Waals surface area (Å²) >= 11 is 0. The van der Waals surface area contributed by atoms with E-state index in [1.807, 2.05) is 42.4 Å². The van der Waals surface area contributed by atoms with Crippen molar-refractivity contribution >= 4 is 16.8 Å². The molecular weight excluding hydrogens is 292 g/mol. The molecule has 0 bridgehead atoms. The average Bonchev–Trinajstić information content (AvgIpc) is 3.27. The predicted octanol–water partition coefficient (Wildman–Crippen LogP) is 2.20. The second-order valence-electron chi connectivity index (χ2n) is 6.73. The highest BCUT2D eigenvalue weighted by atomic mass is 16.6. The van der Waals surface area contributed by atoms with Crippen molar-refractivity contribution in [2.45, 2.75) is 24.5 Å². The molecule has 0 aliphatic carbocycles. The Labute approximate surface area is 135 Å². The van der Waals surface area contributed by atoms with E-state index in [9.17, 15) is 4.79 Å². The van der Waals surface area contributed by atoms with Crippen molar-refractivity contribution in [1.82, 2.24) is 9.47 Å². The second kappa shape index (κ2) is 5.35. The van der Waals surface area contributed by atoms with Gasteiger partial charge in [0.2, 0.25) is 0 Å². The minimum atomic E-state index is -0.201. The number of nitrogens with zero attached hydrogens (tertiary/aromatic N) is 2. The number of likely N-dealkylation sites (tertiary alicyclic amines) is 1. The van der Waals surface area contributed by atoms with E-state index < -0.39 is 0 Å². The smallest absolute Gasteiger partial charge is 0.253 e. The van der Waals surface area contributed by atoms with Crippen molar-refractivity contribution in [2.75, 3.05) is 26.8 Å². The van der Waals surface area contributed by atoms with Crippen molar-refractivity contribution in [1.29, 1.82) is 0 Å². The molecule has 122 valence electrons. The summed E-state index contributed by atoms with van der Waals surface area (Å²) in [6.07, 6.45) is 3.95. The van der Waals surface area contributed by atoms with Crippen LogP contribution in [0.5, 0.6) is 0 Å². The summed E-state index contributed by atoms with van der Waals surface area (Å²) in [6, 6.07) is 7.96. The maximum atomic E-state index is 12.8. The predicted molar refractivity (Wildman–Crippen MR) is 87.5 cm³/mol. The standard InChI is InChI=1S/C18H22N2O3/c1-19-7-5-13-9-14(3-4-16(13)19)17(21)20-8-6-18(12-20)10-15(22-2)11-23-18/h3-5,7,9,15H,6,8,10-12H2,1-2H3/t15-,18+/m1/s1. The minimum absolute atomic E-state index is 0.0945. The Hall–Kier alpha value is -1.85. The Kier molecular flexibility index (Phi) is 3.43. The number of fused-ring (bicyclic) bond motifs is 1. The van der Waals surface area contributed by atoms with Crippen LogP contribution < -0.4 is 0 Å². The molecule has 2 atom stereocenters. The zero-order valence-electron chi connectivity index (χ0n) is 13.6. The Morgan fingerprint density at radius 1 is 1.39 bits per heavy atom. The van der Waals surface area contributed by atoms with E-state index in [2.05, 4.69) is 4.57 Å². The summed E-state index contributed by atoms with van der Waals surface area (Å²) in [6.45, 7) is 2.05. The number of rotatable bonds is 2. The fourth-order valence-corrected chi connectivity index (χ4v) is 3.85. The number of aromatic nitrogens is 1. The number of amides is 1. The van der Waals surface area contributed by atoms with Crippen molar-refractivity contribution in [2.24, 2.45) is 7.05 Å². The fourth-order valence-electron chi connectivity index (χ4n) is 3.85. The van der Waals surface area contributed by atoms with Gasteiger partial charge in [-0.2, -0.15) is 0 Å². The molecule has 1 aromatic heterocycles. The monoisotopic (exact) mass is 314 g/mol. The molecule has 2 aliphatic heterocycles. The van der Waals surface area contributed by atoms with Crippen molar-refractivity contribution in [3.8, 4) is 0 Å². The summed E-state index contributed by atoms with van der Waals surface area (Å²) in [4.78, 5) is 14.7. The molecule has 5 heteroatoms. The lowest BCUT2D eigenvalue weighted by Crippen LogP contribution is -2.36. The molecular formula is C18H22N2O3. The van der Waals surface area contributed by atoms with Gasteiger partial charge in [-0.3, -0.25) is 4.79 Å². The molecule has 4 rings (SSSR count). The van der Waals surface area contributed by atoms with Crippen LogP contribution in [0.3, 0.4) is 0 Å². The maximum absolute atomic E-state index is 12.8. The maximum Gasteiger partial charge on any atom is 0.253 e. The Morgan fingerprint density at radius 2 is 2.26 bits per heavy atom. The van der Waals surface area contributed by atoms with E-state index in [0.29, 0.717) is 13.2 Å². The summed E-state index contributed by atoms with van der Waals surface area (Å²) in [5.41, 5.74) is 1.69. The average molecular weight is 314 g/mol. The van der Waals surface area contributed by atoms with Crippen LogP contribution in [0.4, 0.5) is 0 Å². The first kappa shape index (κ1) is 14.7. The molecule has 23 heavy (non-hydrogen) atoms. The van der Waals surface area contributed by atoms with Gasteiger partial charge < -0.3 is 18.9 Å². The highest BCUT2D eigenvalue weighted by Crippen LogP contribution is 2.36. The molecule has 3 heterocycles. The van der Waals surface area contributed by atoms with E-state index in [4.69, 9.17) is 9.47 Å². The molecule has 1 aromatic carbocycles. The van der Waals surface area contributed by atoms with E-state index in [0.717, 1.165) is 35.9 Å². The summed E-state index contributed by atoms with van der Waals surface area (Å²) in [5, 5.41) is 1.10. The second-order valence-corrected chi connectivity index (χ2v) is 6.73. The zero-order chi connectivity index (χ0) is 16.0. The van der Waals surface area contributed by atoms with Gasteiger partial charge in [0, 0.05) is 49.8 Å². The van der Waals surface area contributed by atoms with Crippen LogP contribution in [-0.2, 0) is 16.5 Å². The summed E-state index contributed by atoms with van der Waals surface area (Å²) in [7, 11) is 3.73. The third kappa shape index (κ3) is 2.44. The quantitative estimate of drug-likeness (QED) is 0.853. The van der Waals surface area contributed by atoms with Crippen LogP contribution in [0.25, 0.3) is 10.9 Å². The fraction of sp³-hybridized carbons (Fsp3) is 0.500. The number of aryl methyl sites for hydroxylation is 1. The number of carbonyl (C=O) groups is 1. The Morgan fingerprint density at radius 3 is 3.04 bits per heavy atom. The van der Waals surface area contributed by atoms with Crippen molar-refractivity contribution in [3.05, 3.63) is 36.0 Å². The molecule has 0 unspecified atom stereocenters. The molecule has 2 saturated heterocycles. The van der Waals surface area contributed by atoms with E-state index in [1.165, 1.54) is 0 Å². The normalized spacial score (nSPS) is 27.4. The lowest BCUT2D eigenvalue weighted by atomic mass is 9.98. The van der Waals surface area contributed by atoms with Gasteiger partial charge in [0.05, 0.1) is 24.9 Å².